The second-order valence-electron chi connectivity index (χ2n) is 5.15. The number of thioether (sulfide) groups is 1. The lowest BCUT2D eigenvalue weighted by Crippen LogP contribution is -2.20. The average molecular weight is 223 g/mol. The highest BCUT2D eigenvalue weighted by molar-refractivity contribution is 8.00. The smallest absolute Gasteiger partial charge is 0.144 e. The van der Waals surface area contributed by atoms with E-state index in [1.807, 2.05) is 24.4 Å². The van der Waals surface area contributed by atoms with E-state index in [2.05, 4.69) is 32.7 Å². The minimum Gasteiger partial charge on any atom is -0.354 e. The molecular weight excluding hydrogens is 206 g/mol. The fraction of sp³-hybridized carbons (Fsp3) is 0.583. The van der Waals surface area contributed by atoms with Gasteiger partial charge in [0.1, 0.15) is 11.0 Å². The van der Waals surface area contributed by atoms with E-state index in [1.54, 1.807) is 11.8 Å². The number of aromatic nitrogens is 1. The number of hydrogen-bond donors (Lipinski definition) is 0. The molecule has 1 aromatic heterocycles. The summed E-state index contributed by atoms with van der Waals surface area (Å²) in [6.45, 7) is 8.77. The predicted molar refractivity (Wildman–Crippen MR) is 62.8 cm³/mol. The molecule has 1 aliphatic heterocycles. The largest absolute Gasteiger partial charge is 0.354 e. The van der Waals surface area contributed by atoms with Gasteiger partial charge < -0.3 is 4.74 Å². The molecule has 2 nitrogen and oxygen atoms in total. The molecule has 1 saturated heterocycles. The highest BCUT2D eigenvalue weighted by Crippen LogP contribution is 2.55. The van der Waals surface area contributed by atoms with Crippen LogP contribution in [0.2, 0.25) is 0 Å². The van der Waals surface area contributed by atoms with Gasteiger partial charge in [0.15, 0.2) is 0 Å². The molecule has 2 rings (SSSR count). The highest BCUT2D eigenvalue weighted by Gasteiger charge is 2.59. The van der Waals surface area contributed by atoms with Crippen LogP contribution in [-0.2, 0) is 4.74 Å². The van der Waals surface area contributed by atoms with Gasteiger partial charge in [0.05, 0.1) is 5.03 Å². The van der Waals surface area contributed by atoms with Crippen molar-refractivity contribution in [3.05, 3.63) is 24.4 Å². The summed E-state index contributed by atoms with van der Waals surface area (Å²) in [5.41, 5.74) is 0.205. The van der Waals surface area contributed by atoms with Gasteiger partial charge in [-0.05, 0) is 24.5 Å². The number of pyridine rings is 1. The zero-order chi connectivity index (χ0) is 11.1. The van der Waals surface area contributed by atoms with Crippen LogP contribution in [0.4, 0.5) is 0 Å². The molecule has 0 bridgehead atoms. The second kappa shape index (κ2) is 3.49. The Hall–Kier alpha value is -0.540. The van der Waals surface area contributed by atoms with Crippen molar-refractivity contribution >= 4 is 11.8 Å². The topological polar surface area (TPSA) is 25.4 Å². The molecule has 1 fully saturated rings. The van der Waals surface area contributed by atoms with Crippen LogP contribution in [0.3, 0.4) is 0 Å². The van der Waals surface area contributed by atoms with Gasteiger partial charge in [-0.3, -0.25) is 0 Å². The molecule has 0 spiro atoms. The lowest BCUT2D eigenvalue weighted by molar-refractivity contribution is 0.260. The van der Waals surface area contributed by atoms with Crippen LogP contribution < -0.4 is 0 Å². The maximum absolute atomic E-state index is 5.80. The molecule has 2 heterocycles. The Morgan fingerprint density at radius 2 is 2.13 bits per heavy atom. The first-order valence-electron chi connectivity index (χ1n) is 5.20. The van der Waals surface area contributed by atoms with Crippen molar-refractivity contribution in [2.75, 3.05) is 0 Å². The van der Waals surface area contributed by atoms with Crippen LogP contribution in [-0.4, -0.2) is 16.0 Å². The summed E-state index contributed by atoms with van der Waals surface area (Å²) in [5, 5.41) is 1.03. The molecule has 3 heteroatoms. The van der Waals surface area contributed by atoms with Crippen LogP contribution in [0.1, 0.15) is 27.7 Å². The number of nitrogens with zero attached hydrogens (tertiary/aromatic N) is 1. The van der Waals surface area contributed by atoms with Gasteiger partial charge >= 0.3 is 0 Å². The average Bonchev–Trinajstić information content (AvgIpc) is 2.79. The Labute approximate surface area is 95.4 Å². The lowest BCUT2D eigenvalue weighted by atomic mass is 9.90. The molecule has 0 N–H and O–H groups in total. The highest BCUT2D eigenvalue weighted by atomic mass is 32.2. The van der Waals surface area contributed by atoms with Crippen LogP contribution in [0.5, 0.6) is 0 Å². The van der Waals surface area contributed by atoms with Gasteiger partial charge in [-0.25, -0.2) is 4.98 Å². The monoisotopic (exact) mass is 223 g/mol. The lowest BCUT2D eigenvalue weighted by Gasteiger charge is -2.16. The van der Waals surface area contributed by atoms with E-state index in [0.29, 0.717) is 6.10 Å². The molecule has 2 atom stereocenters. The Kier molecular flexibility index (Phi) is 2.55. The zero-order valence-electron chi connectivity index (χ0n) is 9.65. The summed E-state index contributed by atoms with van der Waals surface area (Å²) < 4.78 is 5.80. The maximum Gasteiger partial charge on any atom is 0.144 e. The minimum absolute atomic E-state index is 0.0907. The summed E-state index contributed by atoms with van der Waals surface area (Å²) in [7, 11) is 0. The molecule has 0 aliphatic carbocycles. The number of rotatable bonds is 2. The van der Waals surface area contributed by atoms with E-state index in [-0.39, 0.29) is 10.3 Å². The Bertz CT molecular complexity index is 346. The van der Waals surface area contributed by atoms with Crippen molar-refractivity contribution in [1.29, 1.82) is 0 Å². The van der Waals surface area contributed by atoms with Crippen molar-refractivity contribution in [3.8, 4) is 0 Å². The summed E-state index contributed by atoms with van der Waals surface area (Å²) in [4.78, 5) is 4.21. The normalized spacial score (nSPS) is 30.3. The van der Waals surface area contributed by atoms with E-state index in [0.717, 1.165) is 5.03 Å². The van der Waals surface area contributed by atoms with E-state index in [4.69, 9.17) is 4.74 Å². The quantitative estimate of drug-likeness (QED) is 0.719. The first kappa shape index (κ1) is 11.0. The van der Waals surface area contributed by atoms with Crippen molar-refractivity contribution in [1.82, 2.24) is 4.98 Å². The molecule has 0 radical (unpaired) electrons. The number of ether oxygens (including phenoxy) is 1. The van der Waals surface area contributed by atoms with Crippen molar-refractivity contribution in [3.63, 3.8) is 0 Å². The third-order valence-electron chi connectivity index (χ3n) is 2.50. The summed E-state index contributed by atoms with van der Waals surface area (Å²) in [6.07, 6.45) is 2.14. The molecule has 0 amide bonds. The zero-order valence-corrected chi connectivity index (χ0v) is 10.5. The fourth-order valence-corrected chi connectivity index (χ4v) is 3.14. The van der Waals surface area contributed by atoms with Gasteiger partial charge in [-0.2, -0.15) is 0 Å². The van der Waals surface area contributed by atoms with Crippen LogP contribution in [0, 0.1) is 5.41 Å². The standard InChI is InChI=1S/C12H17NOS/c1-11(2,3)10-12(4,14-10)15-9-7-5-6-8-13-9/h5-8,10H,1-4H3/t10-,12+/m1/s1. The molecule has 15 heavy (non-hydrogen) atoms. The van der Waals surface area contributed by atoms with E-state index < -0.39 is 0 Å². The first-order chi connectivity index (χ1) is 6.92. The van der Waals surface area contributed by atoms with Crippen LogP contribution in [0.15, 0.2) is 29.4 Å². The van der Waals surface area contributed by atoms with Gasteiger partial charge in [-0.15, -0.1) is 0 Å². The van der Waals surface area contributed by atoms with Crippen LogP contribution in [0.25, 0.3) is 0 Å². The SMILES string of the molecule is CC(C)(C)[C@H]1O[C@@]1(C)Sc1ccccn1. The fourth-order valence-electron chi connectivity index (χ4n) is 1.86. The van der Waals surface area contributed by atoms with E-state index in [1.165, 1.54) is 0 Å². The third kappa shape index (κ3) is 2.34. The van der Waals surface area contributed by atoms with E-state index >= 15 is 0 Å². The first-order valence-corrected chi connectivity index (χ1v) is 6.01. The maximum atomic E-state index is 5.80. The Morgan fingerprint density at radius 3 is 2.60 bits per heavy atom. The van der Waals surface area contributed by atoms with Crippen molar-refractivity contribution in [2.24, 2.45) is 5.41 Å². The van der Waals surface area contributed by atoms with Crippen molar-refractivity contribution < 1.29 is 4.74 Å². The second-order valence-corrected chi connectivity index (χ2v) is 6.58. The Balaban J connectivity index is 2.04. The van der Waals surface area contributed by atoms with Gasteiger partial charge in [0.2, 0.25) is 0 Å². The molecule has 1 aliphatic rings. The molecular formula is C12H17NOS. The molecule has 0 aromatic carbocycles. The van der Waals surface area contributed by atoms with Gasteiger partial charge in [0.25, 0.3) is 0 Å². The van der Waals surface area contributed by atoms with Gasteiger partial charge in [0, 0.05) is 6.20 Å². The molecule has 0 saturated carbocycles. The van der Waals surface area contributed by atoms with Gasteiger partial charge in [-0.1, -0.05) is 38.6 Å². The summed E-state index contributed by atoms with van der Waals surface area (Å²) in [5.74, 6) is 0. The minimum atomic E-state index is -0.0907. The molecule has 1 aromatic rings. The summed E-state index contributed by atoms with van der Waals surface area (Å²) in [6, 6.07) is 5.96. The van der Waals surface area contributed by atoms with Crippen LogP contribution >= 0.6 is 11.8 Å². The third-order valence-corrected chi connectivity index (χ3v) is 3.67. The summed E-state index contributed by atoms with van der Waals surface area (Å²) >= 11 is 1.71. The molecule has 0 unspecified atom stereocenters. The predicted octanol–water partition coefficient (Wildman–Crippen LogP) is 3.33. The number of epoxide rings is 1. The van der Waals surface area contributed by atoms with E-state index in [9.17, 15) is 0 Å². The Morgan fingerprint density at radius 1 is 1.40 bits per heavy atom. The number of hydrogen-bond acceptors (Lipinski definition) is 3. The molecule has 82 valence electrons. The van der Waals surface area contributed by atoms with Crippen molar-refractivity contribution in [2.45, 2.75) is 43.8 Å².